The maximum absolute atomic E-state index is 11.9. The van der Waals surface area contributed by atoms with Crippen LogP contribution in [0.3, 0.4) is 0 Å². The highest BCUT2D eigenvalue weighted by Crippen LogP contribution is 2.10. The Kier molecular flexibility index (Phi) is 5.07. The van der Waals surface area contributed by atoms with Crippen LogP contribution in [0.15, 0.2) is 46.3 Å². The maximum atomic E-state index is 11.9. The van der Waals surface area contributed by atoms with Gasteiger partial charge >= 0.3 is 0 Å². The first kappa shape index (κ1) is 14.2. The largest absolute Gasteiger partial charge is 0.357 e. The predicted octanol–water partition coefficient (Wildman–Crippen LogP) is 3.32. The van der Waals surface area contributed by atoms with Crippen LogP contribution in [0.4, 0.5) is 0 Å². The fourth-order valence-corrected chi connectivity index (χ4v) is 2.48. The lowest BCUT2D eigenvalue weighted by molar-refractivity contribution is 0.0976. The molecule has 2 rings (SSSR count). The van der Waals surface area contributed by atoms with E-state index in [-0.39, 0.29) is 5.91 Å². The molecule has 0 aliphatic rings. The average molecular weight is 355 g/mol. The van der Waals surface area contributed by atoms with Gasteiger partial charge in [0.15, 0.2) is 5.11 Å². The molecular weight excluding hydrogens is 344 g/mol. The quantitative estimate of drug-likeness (QED) is 0.830. The number of hydrogen-bond acceptors (Lipinski definition) is 3. The van der Waals surface area contributed by atoms with E-state index in [9.17, 15) is 4.79 Å². The van der Waals surface area contributed by atoms with E-state index in [1.807, 2.05) is 29.6 Å². The third-order valence-corrected chi connectivity index (χ3v) is 3.99. The van der Waals surface area contributed by atoms with Crippen LogP contribution in [0.2, 0.25) is 0 Å². The number of carbonyl (C=O) groups is 1. The van der Waals surface area contributed by atoms with Gasteiger partial charge in [-0.1, -0.05) is 22.0 Å². The molecule has 98 valence electrons. The van der Waals surface area contributed by atoms with E-state index in [0.717, 1.165) is 4.47 Å². The number of halogens is 1. The zero-order valence-corrected chi connectivity index (χ0v) is 13.1. The summed E-state index contributed by atoms with van der Waals surface area (Å²) in [5.74, 6) is -0.212. The third kappa shape index (κ3) is 4.41. The van der Waals surface area contributed by atoms with Gasteiger partial charge in [0.25, 0.3) is 5.91 Å². The van der Waals surface area contributed by atoms with E-state index < -0.39 is 0 Å². The number of hydrogen-bond donors (Lipinski definition) is 2. The van der Waals surface area contributed by atoms with Crippen LogP contribution in [-0.2, 0) is 6.54 Å². The number of carbonyl (C=O) groups excluding carboxylic acids is 1. The average Bonchev–Trinajstić information content (AvgIpc) is 2.90. The van der Waals surface area contributed by atoms with Gasteiger partial charge in [-0.25, -0.2) is 0 Å². The monoisotopic (exact) mass is 354 g/mol. The zero-order chi connectivity index (χ0) is 13.7. The van der Waals surface area contributed by atoms with Gasteiger partial charge in [-0.05, 0) is 47.9 Å². The van der Waals surface area contributed by atoms with Crippen LogP contribution in [-0.4, -0.2) is 11.0 Å². The molecule has 1 heterocycles. The fourth-order valence-electron chi connectivity index (χ4n) is 1.40. The lowest BCUT2D eigenvalue weighted by Gasteiger charge is -2.08. The maximum Gasteiger partial charge on any atom is 0.257 e. The minimum atomic E-state index is -0.212. The highest BCUT2D eigenvalue weighted by molar-refractivity contribution is 9.10. The molecule has 2 N–H and O–H groups in total. The molecule has 0 aliphatic carbocycles. The summed E-state index contributed by atoms with van der Waals surface area (Å²) < 4.78 is 0.933. The van der Waals surface area contributed by atoms with Crippen LogP contribution in [0, 0.1) is 0 Å². The highest BCUT2D eigenvalue weighted by atomic mass is 79.9. The first-order chi connectivity index (χ1) is 9.15. The van der Waals surface area contributed by atoms with E-state index in [1.54, 1.807) is 23.5 Å². The molecule has 19 heavy (non-hydrogen) atoms. The summed E-state index contributed by atoms with van der Waals surface area (Å²) in [5, 5.41) is 7.98. The van der Waals surface area contributed by atoms with Gasteiger partial charge in [-0.15, -0.1) is 11.3 Å². The van der Waals surface area contributed by atoms with Gasteiger partial charge in [0.1, 0.15) is 0 Å². The van der Waals surface area contributed by atoms with Gasteiger partial charge in [0.2, 0.25) is 0 Å². The van der Waals surface area contributed by atoms with Crippen LogP contribution in [0.25, 0.3) is 0 Å². The standard InChI is InChI=1S/C13H11BrN2OS2/c14-10-5-3-9(4-6-10)12(17)16-13(18)15-8-11-2-1-7-19-11/h1-7H,8H2,(H2,15,16,17,18). The molecule has 0 aliphatic heterocycles. The van der Waals surface area contributed by atoms with Crippen molar-refractivity contribution >= 4 is 50.5 Å². The highest BCUT2D eigenvalue weighted by Gasteiger charge is 2.07. The van der Waals surface area contributed by atoms with Crippen LogP contribution in [0.1, 0.15) is 15.2 Å². The van der Waals surface area contributed by atoms with Gasteiger partial charge in [0.05, 0.1) is 6.54 Å². The molecule has 0 fully saturated rings. The number of thiophene rings is 1. The second-order valence-electron chi connectivity index (χ2n) is 3.72. The van der Waals surface area contributed by atoms with Gasteiger partial charge in [-0.2, -0.15) is 0 Å². The fraction of sp³-hybridized carbons (Fsp3) is 0.0769. The lowest BCUT2D eigenvalue weighted by Crippen LogP contribution is -2.38. The Labute approximate surface area is 129 Å². The molecule has 0 radical (unpaired) electrons. The number of rotatable bonds is 3. The molecule has 0 bridgehead atoms. The Hall–Kier alpha value is -1.24. The molecule has 0 saturated carbocycles. The second kappa shape index (κ2) is 6.79. The Bertz CT molecular complexity index is 567. The Morgan fingerprint density at radius 2 is 2.00 bits per heavy atom. The van der Waals surface area contributed by atoms with Crippen LogP contribution in [0.5, 0.6) is 0 Å². The van der Waals surface area contributed by atoms with Crippen molar-refractivity contribution in [1.82, 2.24) is 10.6 Å². The van der Waals surface area contributed by atoms with Crippen molar-refractivity contribution in [3.63, 3.8) is 0 Å². The van der Waals surface area contributed by atoms with E-state index in [0.29, 0.717) is 17.2 Å². The van der Waals surface area contributed by atoms with Crippen molar-refractivity contribution in [2.75, 3.05) is 0 Å². The second-order valence-corrected chi connectivity index (χ2v) is 6.08. The third-order valence-electron chi connectivity index (χ3n) is 2.34. The molecule has 0 unspecified atom stereocenters. The van der Waals surface area contributed by atoms with E-state index >= 15 is 0 Å². The van der Waals surface area contributed by atoms with Crippen molar-refractivity contribution in [1.29, 1.82) is 0 Å². The van der Waals surface area contributed by atoms with E-state index in [2.05, 4.69) is 26.6 Å². The smallest absolute Gasteiger partial charge is 0.257 e. The summed E-state index contributed by atoms with van der Waals surface area (Å²) in [7, 11) is 0. The first-order valence-electron chi connectivity index (χ1n) is 5.52. The molecular formula is C13H11BrN2OS2. The summed E-state index contributed by atoms with van der Waals surface area (Å²) in [6.07, 6.45) is 0. The van der Waals surface area contributed by atoms with Gasteiger partial charge in [0, 0.05) is 14.9 Å². The van der Waals surface area contributed by atoms with Crippen LogP contribution < -0.4 is 10.6 Å². The summed E-state index contributed by atoms with van der Waals surface area (Å²) in [4.78, 5) is 13.0. The van der Waals surface area contributed by atoms with Crippen molar-refractivity contribution < 1.29 is 4.79 Å². The predicted molar refractivity (Wildman–Crippen MR) is 85.4 cm³/mol. The topological polar surface area (TPSA) is 41.1 Å². The number of thiocarbonyl (C=S) groups is 1. The van der Waals surface area contributed by atoms with Crippen molar-refractivity contribution in [2.45, 2.75) is 6.54 Å². The summed E-state index contributed by atoms with van der Waals surface area (Å²) >= 11 is 10.0. The Balaban J connectivity index is 1.85. The van der Waals surface area contributed by atoms with E-state index in [1.165, 1.54) is 4.88 Å². The normalized spacial score (nSPS) is 9.95. The van der Waals surface area contributed by atoms with Crippen molar-refractivity contribution in [2.24, 2.45) is 0 Å². The Morgan fingerprint density at radius 3 is 2.63 bits per heavy atom. The summed E-state index contributed by atoms with van der Waals surface area (Å²) in [6.45, 7) is 0.622. The molecule has 0 atom stereocenters. The van der Waals surface area contributed by atoms with Crippen molar-refractivity contribution in [3.05, 3.63) is 56.7 Å². The molecule has 1 aromatic carbocycles. The summed E-state index contributed by atoms with van der Waals surface area (Å²) in [6, 6.07) is 11.1. The Morgan fingerprint density at radius 1 is 1.26 bits per heavy atom. The van der Waals surface area contributed by atoms with Gasteiger partial charge < -0.3 is 5.32 Å². The SMILES string of the molecule is O=C(NC(=S)NCc1cccs1)c1ccc(Br)cc1. The van der Waals surface area contributed by atoms with Gasteiger partial charge in [-0.3, -0.25) is 10.1 Å². The number of benzene rings is 1. The van der Waals surface area contributed by atoms with E-state index in [4.69, 9.17) is 12.2 Å². The molecule has 3 nitrogen and oxygen atoms in total. The molecule has 1 amide bonds. The number of nitrogens with one attached hydrogen (secondary N) is 2. The number of amides is 1. The molecule has 2 aromatic rings. The lowest BCUT2D eigenvalue weighted by atomic mass is 10.2. The molecule has 1 aromatic heterocycles. The zero-order valence-electron chi connectivity index (χ0n) is 9.85. The summed E-state index contributed by atoms with van der Waals surface area (Å²) in [5.41, 5.74) is 0.573. The molecule has 6 heteroatoms. The first-order valence-corrected chi connectivity index (χ1v) is 7.60. The minimum absolute atomic E-state index is 0.212. The van der Waals surface area contributed by atoms with Crippen LogP contribution >= 0.6 is 39.5 Å². The minimum Gasteiger partial charge on any atom is -0.357 e. The van der Waals surface area contributed by atoms with Crippen molar-refractivity contribution in [3.8, 4) is 0 Å². The molecule has 0 spiro atoms. The molecule has 0 saturated heterocycles.